The second kappa shape index (κ2) is 3.25. The van der Waals surface area contributed by atoms with Gasteiger partial charge in [0.25, 0.3) is 0 Å². The van der Waals surface area contributed by atoms with E-state index in [0.29, 0.717) is 0 Å². The average molecular weight is 183 g/mol. The van der Waals surface area contributed by atoms with E-state index in [9.17, 15) is 0 Å². The number of hydrogen-bond donors (Lipinski definition) is 1. The van der Waals surface area contributed by atoms with E-state index < -0.39 is 0 Å². The summed E-state index contributed by atoms with van der Waals surface area (Å²) in [4.78, 5) is 0. The summed E-state index contributed by atoms with van der Waals surface area (Å²) in [6.45, 7) is 5.53. The van der Waals surface area contributed by atoms with E-state index in [1.54, 1.807) is 0 Å². The molecule has 76 valence electrons. The molecule has 0 aromatic rings. The molecule has 1 spiro atoms. The number of rotatable bonds is 0. The standard InChI is InChI=1S/C11H21NO/c1-8-5-9(2)7-11(6-8)10(12)3-4-13-11/h8-10H,3-7,12H2,1-2H3. The largest absolute Gasteiger partial charge is 0.373 e. The molecule has 2 rings (SSSR count). The van der Waals surface area contributed by atoms with E-state index in [4.69, 9.17) is 10.5 Å². The van der Waals surface area contributed by atoms with Gasteiger partial charge in [-0.3, -0.25) is 0 Å². The van der Waals surface area contributed by atoms with Gasteiger partial charge in [0.2, 0.25) is 0 Å². The van der Waals surface area contributed by atoms with Gasteiger partial charge in [-0.25, -0.2) is 0 Å². The lowest BCUT2D eigenvalue weighted by atomic mass is 9.71. The fourth-order valence-electron chi connectivity index (χ4n) is 3.30. The minimum Gasteiger partial charge on any atom is -0.373 e. The number of ether oxygens (including phenoxy) is 1. The lowest BCUT2D eigenvalue weighted by Crippen LogP contribution is -2.49. The zero-order valence-electron chi connectivity index (χ0n) is 8.75. The topological polar surface area (TPSA) is 35.2 Å². The van der Waals surface area contributed by atoms with E-state index in [2.05, 4.69) is 13.8 Å². The van der Waals surface area contributed by atoms with Crippen LogP contribution in [0.2, 0.25) is 0 Å². The molecule has 2 fully saturated rings. The van der Waals surface area contributed by atoms with E-state index in [1.807, 2.05) is 0 Å². The minimum atomic E-state index is 0.0527. The Kier molecular flexibility index (Phi) is 2.37. The average Bonchev–Trinajstić information content (AvgIpc) is 2.30. The summed E-state index contributed by atoms with van der Waals surface area (Å²) in [6.07, 6.45) is 4.76. The van der Waals surface area contributed by atoms with E-state index in [1.165, 1.54) is 19.3 Å². The molecule has 1 heterocycles. The second-order valence-electron chi connectivity index (χ2n) is 5.16. The van der Waals surface area contributed by atoms with Gasteiger partial charge in [0.05, 0.1) is 5.60 Å². The monoisotopic (exact) mass is 183 g/mol. The van der Waals surface area contributed by atoms with Crippen molar-refractivity contribution in [2.45, 2.75) is 51.2 Å². The van der Waals surface area contributed by atoms with Crippen molar-refractivity contribution in [2.24, 2.45) is 17.6 Å². The van der Waals surface area contributed by atoms with E-state index in [-0.39, 0.29) is 11.6 Å². The molecule has 2 heteroatoms. The lowest BCUT2D eigenvalue weighted by molar-refractivity contribution is -0.0603. The Morgan fingerprint density at radius 3 is 2.31 bits per heavy atom. The van der Waals surface area contributed by atoms with Crippen LogP contribution in [0.5, 0.6) is 0 Å². The van der Waals surface area contributed by atoms with Crippen molar-refractivity contribution in [3.8, 4) is 0 Å². The Hall–Kier alpha value is -0.0800. The first kappa shape index (κ1) is 9.47. The normalized spacial score (nSPS) is 51.5. The van der Waals surface area contributed by atoms with Gasteiger partial charge in [0.15, 0.2) is 0 Å². The first-order valence-corrected chi connectivity index (χ1v) is 5.52. The maximum atomic E-state index is 6.14. The SMILES string of the molecule is CC1CC(C)CC2(C1)OCCC2N. The van der Waals surface area contributed by atoms with Crippen molar-refractivity contribution in [1.29, 1.82) is 0 Å². The maximum Gasteiger partial charge on any atom is 0.0838 e. The van der Waals surface area contributed by atoms with Gasteiger partial charge < -0.3 is 10.5 Å². The first-order valence-electron chi connectivity index (χ1n) is 5.52. The second-order valence-corrected chi connectivity index (χ2v) is 5.16. The summed E-state index contributed by atoms with van der Waals surface area (Å²) in [7, 11) is 0. The van der Waals surface area contributed by atoms with E-state index >= 15 is 0 Å². The summed E-state index contributed by atoms with van der Waals surface area (Å²) in [5.41, 5.74) is 6.20. The van der Waals surface area contributed by atoms with Crippen LogP contribution in [0.4, 0.5) is 0 Å². The van der Waals surface area contributed by atoms with Gasteiger partial charge in [-0.2, -0.15) is 0 Å². The van der Waals surface area contributed by atoms with Crippen LogP contribution < -0.4 is 5.73 Å². The highest BCUT2D eigenvalue weighted by molar-refractivity contribution is 5.00. The summed E-state index contributed by atoms with van der Waals surface area (Å²) < 4.78 is 5.91. The van der Waals surface area contributed by atoms with Crippen molar-refractivity contribution in [1.82, 2.24) is 0 Å². The smallest absolute Gasteiger partial charge is 0.0838 e. The van der Waals surface area contributed by atoms with Gasteiger partial charge >= 0.3 is 0 Å². The van der Waals surface area contributed by atoms with Crippen molar-refractivity contribution >= 4 is 0 Å². The molecule has 0 bridgehead atoms. The van der Waals surface area contributed by atoms with Crippen LogP contribution in [0.1, 0.15) is 39.5 Å². The first-order chi connectivity index (χ1) is 6.12. The van der Waals surface area contributed by atoms with Crippen LogP contribution in [0.3, 0.4) is 0 Å². The Labute approximate surface area is 80.8 Å². The highest BCUT2D eigenvalue weighted by Gasteiger charge is 2.46. The molecule has 1 saturated carbocycles. The quantitative estimate of drug-likeness (QED) is 0.623. The van der Waals surface area contributed by atoms with Crippen molar-refractivity contribution in [3.63, 3.8) is 0 Å². The van der Waals surface area contributed by atoms with E-state index in [0.717, 1.165) is 24.9 Å². The zero-order valence-corrected chi connectivity index (χ0v) is 8.75. The van der Waals surface area contributed by atoms with Gasteiger partial charge in [0.1, 0.15) is 0 Å². The molecule has 0 aromatic carbocycles. The van der Waals surface area contributed by atoms with Crippen LogP contribution in [0, 0.1) is 11.8 Å². The molecule has 2 N–H and O–H groups in total. The summed E-state index contributed by atoms with van der Waals surface area (Å²) in [5, 5.41) is 0. The zero-order chi connectivity index (χ0) is 9.47. The summed E-state index contributed by atoms with van der Waals surface area (Å²) >= 11 is 0. The number of nitrogens with two attached hydrogens (primary N) is 1. The summed E-state index contributed by atoms with van der Waals surface area (Å²) in [6, 6.07) is 0.290. The molecular weight excluding hydrogens is 162 g/mol. The van der Waals surface area contributed by atoms with Crippen molar-refractivity contribution in [2.75, 3.05) is 6.61 Å². The Bertz CT molecular complexity index is 183. The highest BCUT2D eigenvalue weighted by atomic mass is 16.5. The Morgan fingerprint density at radius 1 is 1.23 bits per heavy atom. The molecule has 3 unspecified atom stereocenters. The molecular formula is C11H21NO. The molecule has 2 nitrogen and oxygen atoms in total. The minimum absolute atomic E-state index is 0.0527. The van der Waals surface area contributed by atoms with Crippen LogP contribution in [0.15, 0.2) is 0 Å². The van der Waals surface area contributed by atoms with Gasteiger partial charge in [-0.15, -0.1) is 0 Å². The van der Waals surface area contributed by atoms with Crippen molar-refractivity contribution < 1.29 is 4.74 Å². The third-order valence-electron chi connectivity index (χ3n) is 3.69. The van der Waals surface area contributed by atoms with Crippen molar-refractivity contribution in [3.05, 3.63) is 0 Å². The maximum absolute atomic E-state index is 6.14. The molecule has 3 atom stereocenters. The predicted molar refractivity (Wildman–Crippen MR) is 53.5 cm³/mol. The molecule has 0 amide bonds. The van der Waals surface area contributed by atoms with Crippen LogP contribution in [-0.4, -0.2) is 18.2 Å². The van der Waals surface area contributed by atoms with Gasteiger partial charge in [-0.05, 0) is 37.5 Å². The molecule has 0 radical (unpaired) electrons. The van der Waals surface area contributed by atoms with Crippen LogP contribution in [0.25, 0.3) is 0 Å². The fourth-order valence-corrected chi connectivity index (χ4v) is 3.30. The van der Waals surface area contributed by atoms with Gasteiger partial charge in [0, 0.05) is 12.6 Å². The highest BCUT2D eigenvalue weighted by Crippen LogP contribution is 2.43. The lowest BCUT2D eigenvalue weighted by Gasteiger charge is -2.42. The van der Waals surface area contributed by atoms with Crippen LogP contribution >= 0.6 is 0 Å². The molecule has 1 aliphatic carbocycles. The van der Waals surface area contributed by atoms with Crippen LogP contribution in [-0.2, 0) is 4.74 Å². The number of hydrogen-bond acceptors (Lipinski definition) is 2. The Morgan fingerprint density at radius 2 is 1.85 bits per heavy atom. The molecule has 1 aliphatic heterocycles. The molecule has 1 saturated heterocycles. The third kappa shape index (κ3) is 1.62. The molecule has 2 aliphatic rings. The molecule has 0 aromatic heterocycles. The molecule has 13 heavy (non-hydrogen) atoms. The predicted octanol–water partition coefficient (Wildman–Crippen LogP) is 1.93. The third-order valence-corrected chi connectivity index (χ3v) is 3.69. The fraction of sp³-hybridized carbons (Fsp3) is 1.00. The summed E-state index contributed by atoms with van der Waals surface area (Å²) in [5.74, 6) is 1.57. The Balaban J connectivity index is 2.12. The van der Waals surface area contributed by atoms with Gasteiger partial charge in [-0.1, -0.05) is 13.8 Å².